The topological polar surface area (TPSA) is 0 Å². The molecule has 0 aromatic heterocycles. The second-order valence-electron chi connectivity index (χ2n) is 11.0. The van der Waals surface area contributed by atoms with Crippen LogP contribution in [0.2, 0.25) is 0 Å². The summed E-state index contributed by atoms with van der Waals surface area (Å²) >= 11 is 0. The molecule has 6 aliphatic rings. The Balaban J connectivity index is 1.35. The molecule has 0 spiro atoms. The lowest BCUT2D eigenvalue weighted by molar-refractivity contribution is 0.00707. The van der Waals surface area contributed by atoms with E-state index in [4.69, 9.17) is 0 Å². The van der Waals surface area contributed by atoms with Crippen LogP contribution in [0.4, 0.5) is 0 Å². The first-order chi connectivity index (χ1) is 11.2. The summed E-state index contributed by atoms with van der Waals surface area (Å²) in [4.78, 5) is 0. The largest absolute Gasteiger partial charge is 0.0620 e. The fourth-order valence-electron chi connectivity index (χ4n) is 10.1. The molecule has 0 N–H and O–H groups in total. The molecule has 0 nitrogen and oxygen atoms in total. The van der Waals surface area contributed by atoms with Gasteiger partial charge in [-0.2, -0.15) is 0 Å². The maximum atomic E-state index is 2.67. The van der Waals surface area contributed by atoms with Crippen molar-refractivity contribution in [3.05, 3.63) is 0 Å². The first kappa shape index (κ1) is 14.2. The summed E-state index contributed by atoms with van der Waals surface area (Å²) < 4.78 is 0. The predicted molar refractivity (Wildman–Crippen MR) is 94.8 cm³/mol. The second kappa shape index (κ2) is 4.79. The molecular formula is C23H36. The molecule has 0 unspecified atom stereocenters. The Hall–Kier alpha value is 0. The molecule has 0 aliphatic heterocycles. The van der Waals surface area contributed by atoms with Crippen LogP contribution in [0.5, 0.6) is 0 Å². The molecule has 6 aliphatic carbocycles. The normalized spacial score (nSPS) is 66.0. The SMILES string of the molecule is C[C@@H]1[C@H]2CC[C@H](C2)[C@H]1[C@@H]1[C@@H]2CC[C@@H](C2)[C@@H]1[C@H]1[C@H]2CC[C@H](C2)[C@@H]1C. The molecule has 0 radical (unpaired) electrons. The van der Waals surface area contributed by atoms with Gasteiger partial charge in [0.25, 0.3) is 0 Å². The van der Waals surface area contributed by atoms with Crippen LogP contribution in [0, 0.1) is 71.0 Å². The lowest BCUT2D eigenvalue weighted by atomic mass is 9.58. The highest BCUT2D eigenvalue weighted by Crippen LogP contribution is 2.69. The molecular weight excluding hydrogens is 276 g/mol. The fourth-order valence-corrected chi connectivity index (χ4v) is 10.1. The Labute approximate surface area is 143 Å². The molecule has 128 valence electrons. The third kappa shape index (κ3) is 1.75. The third-order valence-corrected chi connectivity index (χ3v) is 10.8. The van der Waals surface area contributed by atoms with Crippen molar-refractivity contribution in [3.63, 3.8) is 0 Å². The molecule has 0 saturated heterocycles. The van der Waals surface area contributed by atoms with E-state index in [9.17, 15) is 0 Å². The van der Waals surface area contributed by atoms with E-state index in [-0.39, 0.29) is 0 Å². The molecule has 6 rings (SSSR count). The summed E-state index contributed by atoms with van der Waals surface area (Å²) in [5, 5.41) is 0. The first-order valence-electron chi connectivity index (χ1n) is 11.2. The molecule has 6 saturated carbocycles. The smallest absolute Gasteiger partial charge is 0.0318 e. The summed E-state index contributed by atoms with van der Waals surface area (Å²) in [6, 6.07) is 0. The number of hydrogen-bond acceptors (Lipinski definition) is 0. The van der Waals surface area contributed by atoms with Crippen LogP contribution in [-0.2, 0) is 0 Å². The molecule has 6 fully saturated rings. The van der Waals surface area contributed by atoms with Crippen molar-refractivity contribution in [2.45, 2.75) is 71.6 Å². The third-order valence-electron chi connectivity index (χ3n) is 10.8. The Morgan fingerprint density at radius 2 is 0.696 bits per heavy atom. The lowest BCUT2D eigenvalue weighted by Gasteiger charge is -2.47. The molecule has 6 bridgehead atoms. The molecule has 0 heteroatoms. The predicted octanol–water partition coefficient (Wildman–Crippen LogP) is 6.01. The summed E-state index contributed by atoms with van der Waals surface area (Å²) in [6.45, 7) is 5.34. The van der Waals surface area contributed by atoms with Gasteiger partial charge in [0.15, 0.2) is 0 Å². The minimum absolute atomic E-state index is 1.08. The van der Waals surface area contributed by atoms with Gasteiger partial charge < -0.3 is 0 Å². The molecule has 12 atom stereocenters. The summed E-state index contributed by atoms with van der Waals surface area (Å²) in [7, 11) is 0. The average Bonchev–Trinajstić information content (AvgIpc) is 3.35. The summed E-state index contributed by atoms with van der Waals surface area (Å²) in [5.74, 6) is 13.7. The van der Waals surface area contributed by atoms with Crippen molar-refractivity contribution < 1.29 is 0 Å². The van der Waals surface area contributed by atoms with Gasteiger partial charge in [0.05, 0.1) is 0 Å². The quantitative estimate of drug-likeness (QED) is 0.585. The van der Waals surface area contributed by atoms with Gasteiger partial charge in [0, 0.05) is 0 Å². The fraction of sp³-hybridized carbons (Fsp3) is 1.00. The van der Waals surface area contributed by atoms with Crippen LogP contribution in [-0.4, -0.2) is 0 Å². The Bertz CT molecular complexity index is 446. The van der Waals surface area contributed by atoms with Crippen molar-refractivity contribution in [1.29, 1.82) is 0 Å². The van der Waals surface area contributed by atoms with Crippen LogP contribution < -0.4 is 0 Å². The van der Waals surface area contributed by atoms with E-state index in [1.54, 1.807) is 57.8 Å². The van der Waals surface area contributed by atoms with Crippen molar-refractivity contribution >= 4 is 0 Å². The highest BCUT2D eigenvalue weighted by atomic mass is 14.7. The van der Waals surface area contributed by atoms with E-state index >= 15 is 0 Å². The van der Waals surface area contributed by atoms with E-state index in [2.05, 4.69) is 13.8 Å². The van der Waals surface area contributed by atoms with Crippen LogP contribution in [0.15, 0.2) is 0 Å². The van der Waals surface area contributed by atoms with E-state index < -0.39 is 0 Å². The molecule has 23 heavy (non-hydrogen) atoms. The van der Waals surface area contributed by atoms with Crippen molar-refractivity contribution in [1.82, 2.24) is 0 Å². The van der Waals surface area contributed by atoms with Gasteiger partial charge in [-0.15, -0.1) is 0 Å². The molecule has 0 amide bonds. The lowest BCUT2D eigenvalue weighted by Crippen LogP contribution is -2.42. The van der Waals surface area contributed by atoms with Crippen LogP contribution in [0.1, 0.15) is 71.6 Å². The zero-order valence-electron chi connectivity index (χ0n) is 15.3. The van der Waals surface area contributed by atoms with Crippen molar-refractivity contribution in [2.24, 2.45) is 71.0 Å². The number of fused-ring (bicyclic) bond motifs is 6. The van der Waals surface area contributed by atoms with Crippen LogP contribution in [0.3, 0.4) is 0 Å². The van der Waals surface area contributed by atoms with Gasteiger partial charge in [-0.25, -0.2) is 0 Å². The Morgan fingerprint density at radius 1 is 0.391 bits per heavy atom. The minimum atomic E-state index is 1.08. The van der Waals surface area contributed by atoms with Gasteiger partial charge in [0.2, 0.25) is 0 Å². The maximum absolute atomic E-state index is 2.67. The zero-order chi connectivity index (χ0) is 15.3. The minimum Gasteiger partial charge on any atom is -0.0620 e. The van der Waals surface area contributed by atoms with E-state index in [0.717, 1.165) is 59.2 Å². The van der Waals surface area contributed by atoms with Crippen molar-refractivity contribution in [2.75, 3.05) is 0 Å². The van der Waals surface area contributed by atoms with Crippen LogP contribution >= 0.6 is 0 Å². The van der Waals surface area contributed by atoms with Gasteiger partial charge in [-0.1, -0.05) is 13.8 Å². The number of hydrogen-bond donors (Lipinski definition) is 0. The van der Waals surface area contributed by atoms with Gasteiger partial charge in [-0.05, 0) is 129 Å². The van der Waals surface area contributed by atoms with Crippen LogP contribution in [0.25, 0.3) is 0 Å². The summed E-state index contributed by atoms with van der Waals surface area (Å²) in [6.07, 6.45) is 14.5. The monoisotopic (exact) mass is 312 g/mol. The maximum Gasteiger partial charge on any atom is -0.0318 e. The highest BCUT2D eigenvalue weighted by molar-refractivity contribution is 5.10. The summed E-state index contributed by atoms with van der Waals surface area (Å²) in [5.41, 5.74) is 0. The Morgan fingerprint density at radius 3 is 1.04 bits per heavy atom. The molecule has 0 aromatic carbocycles. The Kier molecular flexibility index (Phi) is 2.96. The molecule has 0 aromatic rings. The average molecular weight is 313 g/mol. The van der Waals surface area contributed by atoms with Gasteiger partial charge >= 0.3 is 0 Å². The number of rotatable bonds is 2. The zero-order valence-corrected chi connectivity index (χ0v) is 15.3. The highest BCUT2D eigenvalue weighted by Gasteiger charge is 2.61. The van der Waals surface area contributed by atoms with Crippen molar-refractivity contribution in [3.8, 4) is 0 Å². The second-order valence-corrected chi connectivity index (χ2v) is 11.0. The van der Waals surface area contributed by atoms with E-state index in [0.29, 0.717) is 0 Å². The standard InChI is InChI=1S/C23H36/c1-12-14-3-5-16(9-14)20(12)22-18-7-8-19(11-18)23(22)21-13(2)15-4-6-17(21)10-15/h12-23H,3-11H2,1-2H3/t12-,13+,14+,15-,16-,17+,18-,19+,20+,21-,22+,23-. The molecule has 0 heterocycles. The van der Waals surface area contributed by atoms with Gasteiger partial charge in [-0.3, -0.25) is 0 Å². The first-order valence-corrected chi connectivity index (χ1v) is 11.2. The van der Waals surface area contributed by atoms with Gasteiger partial charge in [0.1, 0.15) is 0 Å². The van der Waals surface area contributed by atoms with E-state index in [1.165, 1.54) is 11.8 Å². The van der Waals surface area contributed by atoms with E-state index in [1.807, 2.05) is 0 Å².